The molecule has 0 amide bonds. The monoisotopic (exact) mass is 260 g/mol. The molecule has 1 aromatic carbocycles. The Kier molecular flexibility index (Phi) is 3.76. The average molecular weight is 260 g/mol. The highest BCUT2D eigenvalue weighted by atomic mass is 16.5. The summed E-state index contributed by atoms with van der Waals surface area (Å²) in [6.07, 6.45) is 3.58. The molecule has 2 N–H and O–H groups in total. The van der Waals surface area contributed by atoms with Crippen LogP contribution >= 0.6 is 0 Å². The fourth-order valence-corrected chi connectivity index (χ4v) is 3.12. The molecule has 2 heterocycles. The van der Waals surface area contributed by atoms with Crippen molar-refractivity contribution in [2.75, 3.05) is 31.6 Å². The molecule has 3 nitrogen and oxygen atoms in total. The van der Waals surface area contributed by atoms with Gasteiger partial charge in [-0.3, -0.25) is 0 Å². The van der Waals surface area contributed by atoms with Gasteiger partial charge in [0.15, 0.2) is 0 Å². The van der Waals surface area contributed by atoms with Gasteiger partial charge in [0.25, 0.3) is 0 Å². The molecule has 1 saturated heterocycles. The minimum absolute atomic E-state index is 0.176. The molecule has 19 heavy (non-hydrogen) atoms. The van der Waals surface area contributed by atoms with Crippen molar-refractivity contribution in [3.63, 3.8) is 0 Å². The molecule has 2 unspecified atom stereocenters. The van der Waals surface area contributed by atoms with Crippen molar-refractivity contribution >= 4 is 5.69 Å². The smallest absolute Gasteiger partial charge is 0.0645 e. The predicted molar refractivity (Wildman–Crippen MR) is 78.6 cm³/mol. The van der Waals surface area contributed by atoms with Crippen molar-refractivity contribution in [2.45, 2.75) is 31.7 Å². The Morgan fingerprint density at radius 1 is 1.42 bits per heavy atom. The second kappa shape index (κ2) is 5.51. The Bertz CT molecular complexity index is 427. The van der Waals surface area contributed by atoms with Gasteiger partial charge in [-0.1, -0.05) is 18.2 Å². The van der Waals surface area contributed by atoms with Crippen LogP contribution < -0.4 is 10.6 Å². The fraction of sp³-hybridized carbons (Fsp3) is 0.625. The summed E-state index contributed by atoms with van der Waals surface area (Å²) in [5.41, 5.74) is 2.94. The van der Waals surface area contributed by atoms with Gasteiger partial charge in [0.05, 0.1) is 6.61 Å². The maximum atomic E-state index is 5.60. The zero-order valence-electron chi connectivity index (χ0n) is 11.7. The molecule has 104 valence electrons. The number of anilines is 1. The van der Waals surface area contributed by atoms with Crippen LogP contribution in [0.3, 0.4) is 0 Å². The third-order valence-corrected chi connectivity index (χ3v) is 4.36. The van der Waals surface area contributed by atoms with E-state index >= 15 is 0 Å². The molecule has 0 aromatic heterocycles. The van der Waals surface area contributed by atoms with Crippen LogP contribution in [0.4, 0.5) is 5.69 Å². The molecule has 1 fully saturated rings. The van der Waals surface area contributed by atoms with E-state index in [9.17, 15) is 0 Å². The molecule has 0 aliphatic carbocycles. The van der Waals surface area contributed by atoms with Gasteiger partial charge in [-0.2, -0.15) is 0 Å². The van der Waals surface area contributed by atoms with E-state index in [1.807, 2.05) is 0 Å². The van der Waals surface area contributed by atoms with E-state index in [4.69, 9.17) is 4.74 Å². The number of fused-ring (bicyclic) bond motifs is 1. The summed E-state index contributed by atoms with van der Waals surface area (Å²) in [5, 5.41) is 7.28. The number of nitrogens with one attached hydrogen (secondary N) is 2. The standard InChI is InChI=1S/C16H24N2O/c1-16(7-4-8-19-12-16)18-11-13-9-14-5-2-3-6-15(14)17-10-13/h2-3,5-6,13,17-18H,4,7-12H2,1H3. The first kappa shape index (κ1) is 12.9. The summed E-state index contributed by atoms with van der Waals surface area (Å²) in [4.78, 5) is 0. The third-order valence-electron chi connectivity index (χ3n) is 4.36. The Labute approximate surface area is 115 Å². The molecule has 0 bridgehead atoms. The number of hydrogen-bond donors (Lipinski definition) is 2. The molecule has 1 aromatic rings. The van der Waals surface area contributed by atoms with Crippen molar-refractivity contribution in [1.29, 1.82) is 0 Å². The summed E-state index contributed by atoms with van der Waals surface area (Å²) in [6, 6.07) is 8.65. The fourth-order valence-electron chi connectivity index (χ4n) is 3.12. The van der Waals surface area contributed by atoms with Crippen LogP contribution in [-0.4, -0.2) is 31.8 Å². The summed E-state index contributed by atoms with van der Waals surface area (Å²) in [6.45, 7) is 6.21. The molecule has 0 saturated carbocycles. The summed E-state index contributed by atoms with van der Waals surface area (Å²) >= 11 is 0. The van der Waals surface area contributed by atoms with E-state index in [1.165, 1.54) is 30.5 Å². The van der Waals surface area contributed by atoms with Crippen molar-refractivity contribution in [3.05, 3.63) is 29.8 Å². The van der Waals surface area contributed by atoms with Gasteiger partial charge in [-0.25, -0.2) is 0 Å². The van der Waals surface area contributed by atoms with Gasteiger partial charge in [-0.15, -0.1) is 0 Å². The minimum atomic E-state index is 0.176. The Morgan fingerprint density at radius 3 is 3.16 bits per heavy atom. The van der Waals surface area contributed by atoms with Crippen molar-refractivity contribution in [2.24, 2.45) is 5.92 Å². The highest BCUT2D eigenvalue weighted by molar-refractivity contribution is 5.53. The van der Waals surface area contributed by atoms with E-state index in [2.05, 4.69) is 41.8 Å². The van der Waals surface area contributed by atoms with Crippen LogP contribution in [0.2, 0.25) is 0 Å². The van der Waals surface area contributed by atoms with Crippen LogP contribution in [0.15, 0.2) is 24.3 Å². The second-order valence-electron chi connectivity index (χ2n) is 6.21. The van der Waals surface area contributed by atoms with Crippen LogP contribution in [0.5, 0.6) is 0 Å². The summed E-state index contributed by atoms with van der Waals surface area (Å²) in [7, 11) is 0. The maximum Gasteiger partial charge on any atom is 0.0645 e. The molecule has 0 spiro atoms. The van der Waals surface area contributed by atoms with Crippen LogP contribution in [0.1, 0.15) is 25.3 Å². The molecule has 2 atom stereocenters. The Morgan fingerprint density at radius 2 is 2.32 bits per heavy atom. The summed E-state index contributed by atoms with van der Waals surface area (Å²) < 4.78 is 5.60. The van der Waals surface area contributed by atoms with Crippen molar-refractivity contribution < 1.29 is 4.74 Å². The Hall–Kier alpha value is -1.06. The number of para-hydroxylation sites is 1. The van der Waals surface area contributed by atoms with Crippen LogP contribution in [-0.2, 0) is 11.2 Å². The highest BCUT2D eigenvalue weighted by Crippen LogP contribution is 2.25. The van der Waals surface area contributed by atoms with Crippen LogP contribution in [0.25, 0.3) is 0 Å². The average Bonchev–Trinajstić information content (AvgIpc) is 2.46. The quantitative estimate of drug-likeness (QED) is 0.875. The SMILES string of the molecule is CC1(NCC2CNc3ccccc3C2)CCCOC1. The second-order valence-corrected chi connectivity index (χ2v) is 6.21. The van der Waals surface area contributed by atoms with Crippen molar-refractivity contribution in [1.82, 2.24) is 5.32 Å². The van der Waals surface area contributed by atoms with Gasteiger partial charge in [-0.05, 0) is 43.7 Å². The highest BCUT2D eigenvalue weighted by Gasteiger charge is 2.28. The zero-order chi connectivity index (χ0) is 13.1. The lowest BCUT2D eigenvalue weighted by molar-refractivity contribution is 0.0270. The van der Waals surface area contributed by atoms with Gasteiger partial charge >= 0.3 is 0 Å². The molecule has 3 rings (SSSR count). The molecule has 3 heteroatoms. The van der Waals surface area contributed by atoms with E-state index < -0.39 is 0 Å². The number of benzene rings is 1. The molecule has 2 aliphatic rings. The van der Waals surface area contributed by atoms with Gasteiger partial charge in [0, 0.05) is 30.9 Å². The topological polar surface area (TPSA) is 33.3 Å². The normalized spacial score (nSPS) is 30.5. The molecule has 0 radical (unpaired) electrons. The molecular formula is C16H24N2O. The Balaban J connectivity index is 1.54. The summed E-state index contributed by atoms with van der Waals surface area (Å²) in [5.74, 6) is 0.675. The number of ether oxygens (including phenoxy) is 1. The zero-order valence-corrected chi connectivity index (χ0v) is 11.7. The number of rotatable bonds is 3. The molecular weight excluding hydrogens is 236 g/mol. The maximum absolute atomic E-state index is 5.60. The van der Waals surface area contributed by atoms with Gasteiger partial charge in [0.1, 0.15) is 0 Å². The first-order chi connectivity index (χ1) is 9.25. The van der Waals surface area contributed by atoms with E-state index in [-0.39, 0.29) is 5.54 Å². The first-order valence-electron chi connectivity index (χ1n) is 7.40. The largest absolute Gasteiger partial charge is 0.384 e. The lowest BCUT2D eigenvalue weighted by Crippen LogP contribution is -2.51. The van der Waals surface area contributed by atoms with Gasteiger partial charge < -0.3 is 15.4 Å². The lowest BCUT2D eigenvalue weighted by Gasteiger charge is -2.36. The van der Waals surface area contributed by atoms with Crippen molar-refractivity contribution in [3.8, 4) is 0 Å². The minimum Gasteiger partial charge on any atom is -0.384 e. The molecule has 2 aliphatic heterocycles. The lowest BCUT2D eigenvalue weighted by atomic mass is 9.91. The third kappa shape index (κ3) is 3.10. The predicted octanol–water partition coefficient (Wildman–Crippen LogP) is 2.43. The first-order valence-corrected chi connectivity index (χ1v) is 7.40. The van der Waals surface area contributed by atoms with E-state index in [0.29, 0.717) is 5.92 Å². The van der Waals surface area contributed by atoms with Gasteiger partial charge in [0.2, 0.25) is 0 Å². The van der Waals surface area contributed by atoms with E-state index in [1.54, 1.807) is 0 Å². The van der Waals surface area contributed by atoms with Crippen LogP contribution in [0, 0.1) is 5.92 Å². The number of hydrogen-bond acceptors (Lipinski definition) is 3. The van der Waals surface area contributed by atoms with E-state index in [0.717, 1.165) is 26.3 Å².